The Kier molecular flexibility index (Phi) is 4.07. The zero-order chi connectivity index (χ0) is 11.4. The van der Waals surface area contributed by atoms with E-state index in [9.17, 15) is 0 Å². The lowest BCUT2D eigenvalue weighted by atomic mass is 10.1. The summed E-state index contributed by atoms with van der Waals surface area (Å²) in [5.74, 6) is 1.62. The quantitative estimate of drug-likeness (QED) is 0.891. The van der Waals surface area contributed by atoms with E-state index >= 15 is 0 Å². The van der Waals surface area contributed by atoms with E-state index < -0.39 is 0 Å². The van der Waals surface area contributed by atoms with Crippen LogP contribution >= 0.6 is 15.9 Å². The first-order chi connectivity index (χ1) is 7.79. The van der Waals surface area contributed by atoms with Crippen LogP contribution in [0.4, 0.5) is 5.69 Å². The molecule has 4 heteroatoms. The monoisotopic (exact) mass is 284 g/mol. The number of nitrogens with one attached hydrogen (secondary N) is 2. The molecule has 1 aromatic rings. The molecule has 0 bridgehead atoms. The highest BCUT2D eigenvalue weighted by atomic mass is 79.9. The van der Waals surface area contributed by atoms with Gasteiger partial charge in [-0.1, -0.05) is 0 Å². The summed E-state index contributed by atoms with van der Waals surface area (Å²) in [6.45, 7) is 3.31. The SMILES string of the molecule is COc1ccc(NCC2CCNC2)cc1Br. The second kappa shape index (κ2) is 5.55. The molecular weight excluding hydrogens is 268 g/mol. The molecule has 2 N–H and O–H groups in total. The van der Waals surface area contributed by atoms with Gasteiger partial charge >= 0.3 is 0 Å². The highest BCUT2D eigenvalue weighted by Crippen LogP contribution is 2.27. The highest BCUT2D eigenvalue weighted by molar-refractivity contribution is 9.10. The van der Waals surface area contributed by atoms with Gasteiger partial charge in [0.25, 0.3) is 0 Å². The van der Waals surface area contributed by atoms with Crippen molar-refractivity contribution in [2.24, 2.45) is 5.92 Å². The van der Waals surface area contributed by atoms with Crippen LogP contribution in [0.3, 0.4) is 0 Å². The van der Waals surface area contributed by atoms with Gasteiger partial charge in [-0.3, -0.25) is 0 Å². The molecular formula is C12H17BrN2O. The van der Waals surface area contributed by atoms with Gasteiger partial charge in [0.05, 0.1) is 11.6 Å². The van der Waals surface area contributed by atoms with Gasteiger partial charge in [-0.15, -0.1) is 0 Å². The van der Waals surface area contributed by atoms with Gasteiger partial charge in [-0.2, -0.15) is 0 Å². The van der Waals surface area contributed by atoms with Crippen molar-refractivity contribution in [3.05, 3.63) is 22.7 Å². The number of hydrogen-bond donors (Lipinski definition) is 2. The normalized spacial score (nSPS) is 19.8. The van der Waals surface area contributed by atoms with Crippen LogP contribution in [-0.2, 0) is 0 Å². The first-order valence-corrected chi connectivity index (χ1v) is 6.37. The fraction of sp³-hybridized carbons (Fsp3) is 0.500. The van der Waals surface area contributed by atoms with Crippen molar-refractivity contribution >= 4 is 21.6 Å². The number of halogens is 1. The molecule has 0 radical (unpaired) electrons. The number of anilines is 1. The fourth-order valence-corrected chi connectivity index (χ4v) is 2.47. The molecule has 2 rings (SSSR count). The van der Waals surface area contributed by atoms with E-state index in [0.717, 1.165) is 41.5 Å². The average Bonchev–Trinajstić information content (AvgIpc) is 2.79. The summed E-state index contributed by atoms with van der Waals surface area (Å²) in [6, 6.07) is 6.08. The Bertz CT molecular complexity index is 351. The third-order valence-corrected chi connectivity index (χ3v) is 3.53. The van der Waals surface area contributed by atoms with E-state index in [2.05, 4.69) is 32.6 Å². The van der Waals surface area contributed by atoms with Gasteiger partial charge in [0.15, 0.2) is 0 Å². The van der Waals surface area contributed by atoms with Crippen molar-refractivity contribution in [3.63, 3.8) is 0 Å². The van der Waals surface area contributed by atoms with E-state index in [-0.39, 0.29) is 0 Å². The van der Waals surface area contributed by atoms with Gasteiger partial charge < -0.3 is 15.4 Å². The molecule has 0 aromatic heterocycles. The Labute approximate surface area is 105 Å². The largest absolute Gasteiger partial charge is 0.496 e. The van der Waals surface area contributed by atoms with E-state index in [1.165, 1.54) is 6.42 Å². The van der Waals surface area contributed by atoms with E-state index in [4.69, 9.17) is 4.74 Å². The highest BCUT2D eigenvalue weighted by Gasteiger charge is 2.13. The fourth-order valence-electron chi connectivity index (χ4n) is 1.93. The molecule has 1 unspecified atom stereocenters. The molecule has 16 heavy (non-hydrogen) atoms. The predicted molar refractivity (Wildman–Crippen MR) is 70.2 cm³/mol. The summed E-state index contributed by atoms with van der Waals surface area (Å²) in [7, 11) is 1.68. The van der Waals surface area contributed by atoms with E-state index in [1.807, 2.05) is 12.1 Å². The van der Waals surface area contributed by atoms with Crippen LogP contribution in [-0.4, -0.2) is 26.7 Å². The molecule has 0 saturated carbocycles. The van der Waals surface area contributed by atoms with Gasteiger partial charge in [0, 0.05) is 12.2 Å². The Hall–Kier alpha value is -0.740. The second-order valence-electron chi connectivity index (χ2n) is 4.09. The van der Waals surface area contributed by atoms with Crippen LogP contribution in [0.15, 0.2) is 22.7 Å². The minimum atomic E-state index is 0.751. The summed E-state index contributed by atoms with van der Waals surface area (Å²) in [4.78, 5) is 0. The van der Waals surface area contributed by atoms with Crippen LogP contribution in [0.2, 0.25) is 0 Å². The van der Waals surface area contributed by atoms with E-state index in [0.29, 0.717) is 0 Å². The van der Waals surface area contributed by atoms with Crippen LogP contribution < -0.4 is 15.4 Å². The summed E-state index contributed by atoms with van der Waals surface area (Å²) < 4.78 is 6.18. The Morgan fingerprint density at radius 2 is 2.44 bits per heavy atom. The standard InChI is InChI=1S/C12H17BrN2O/c1-16-12-3-2-10(6-11(12)13)15-8-9-4-5-14-7-9/h2-3,6,9,14-15H,4-5,7-8H2,1H3. The third-order valence-electron chi connectivity index (χ3n) is 2.91. The molecule has 0 aliphatic carbocycles. The van der Waals surface area contributed by atoms with Gasteiger partial charge in [0.1, 0.15) is 5.75 Å². The minimum absolute atomic E-state index is 0.751. The number of hydrogen-bond acceptors (Lipinski definition) is 3. The lowest BCUT2D eigenvalue weighted by Crippen LogP contribution is -2.17. The maximum absolute atomic E-state index is 5.19. The summed E-state index contributed by atoms with van der Waals surface area (Å²) in [6.07, 6.45) is 1.27. The van der Waals surface area contributed by atoms with Crippen LogP contribution in [0.5, 0.6) is 5.75 Å². The zero-order valence-corrected chi connectivity index (χ0v) is 11.0. The van der Waals surface area contributed by atoms with Crippen molar-refractivity contribution in [1.29, 1.82) is 0 Å². The molecule has 0 spiro atoms. The maximum atomic E-state index is 5.19. The number of ether oxygens (including phenoxy) is 1. The van der Waals surface area contributed by atoms with Crippen molar-refractivity contribution in [3.8, 4) is 5.75 Å². The summed E-state index contributed by atoms with van der Waals surface area (Å²) in [5, 5.41) is 6.82. The minimum Gasteiger partial charge on any atom is -0.496 e. The van der Waals surface area contributed by atoms with Crippen molar-refractivity contribution in [2.75, 3.05) is 32.1 Å². The molecule has 3 nitrogen and oxygen atoms in total. The van der Waals surface area contributed by atoms with Gasteiger partial charge in [0.2, 0.25) is 0 Å². The molecule has 1 fully saturated rings. The molecule has 1 saturated heterocycles. The maximum Gasteiger partial charge on any atom is 0.133 e. The van der Waals surface area contributed by atoms with E-state index in [1.54, 1.807) is 7.11 Å². The molecule has 1 aliphatic heterocycles. The first-order valence-electron chi connectivity index (χ1n) is 5.57. The number of rotatable bonds is 4. The molecule has 1 aromatic carbocycles. The predicted octanol–water partition coefficient (Wildman–Crippen LogP) is 2.48. The van der Waals surface area contributed by atoms with Crippen LogP contribution in [0, 0.1) is 5.92 Å². The average molecular weight is 285 g/mol. The van der Waals surface area contributed by atoms with Crippen molar-refractivity contribution in [1.82, 2.24) is 5.32 Å². The number of benzene rings is 1. The lowest BCUT2D eigenvalue weighted by Gasteiger charge is -2.12. The zero-order valence-electron chi connectivity index (χ0n) is 9.42. The van der Waals surface area contributed by atoms with Crippen molar-refractivity contribution in [2.45, 2.75) is 6.42 Å². The smallest absolute Gasteiger partial charge is 0.133 e. The van der Waals surface area contributed by atoms with Crippen LogP contribution in [0.1, 0.15) is 6.42 Å². The molecule has 88 valence electrons. The third kappa shape index (κ3) is 2.89. The molecule has 1 aliphatic rings. The van der Waals surface area contributed by atoms with Crippen molar-refractivity contribution < 1.29 is 4.74 Å². The lowest BCUT2D eigenvalue weighted by molar-refractivity contribution is 0.412. The van der Waals surface area contributed by atoms with Gasteiger partial charge in [-0.25, -0.2) is 0 Å². The summed E-state index contributed by atoms with van der Waals surface area (Å²) in [5.41, 5.74) is 1.14. The van der Waals surface area contributed by atoms with Crippen LogP contribution in [0.25, 0.3) is 0 Å². The Morgan fingerprint density at radius 1 is 1.56 bits per heavy atom. The first kappa shape index (κ1) is 11.7. The topological polar surface area (TPSA) is 33.3 Å². The molecule has 0 amide bonds. The number of methoxy groups -OCH3 is 1. The second-order valence-corrected chi connectivity index (χ2v) is 4.94. The Balaban J connectivity index is 1.91. The Morgan fingerprint density at radius 3 is 3.06 bits per heavy atom. The summed E-state index contributed by atoms with van der Waals surface area (Å²) >= 11 is 3.48. The van der Waals surface area contributed by atoms with Gasteiger partial charge in [-0.05, 0) is 59.6 Å². The molecule has 1 atom stereocenters. The molecule has 1 heterocycles.